The third-order valence-corrected chi connectivity index (χ3v) is 1.95. The molecule has 3 nitrogen and oxygen atoms in total. The van der Waals surface area contributed by atoms with Crippen molar-refractivity contribution in [3.63, 3.8) is 0 Å². The lowest BCUT2D eigenvalue weighted by Crippen LogP contribution is -2.30. The summed E-state index contributed by atoms with van der Waals surface area (Å²) in [7, 11) is 0. The van der Waals surface area contributed by atoms with Crippen molar-refractivity contribution in [2.24, 2.45) is 0 Å². The van der Waals surface area contributed by atoms with Crippen LogP contribution < -0.4 is 4.84 Å². The van der Waals surface area contributed by atoms with Gasteiger partial charge >= 0.3 is 5.97 Å². The Kier molecular flexibility index (Phi) is 5.87. The van der Waals surface area contributed by atoms with Crippen molar-refractivity contribution in [1.29, 1.82) is 0 Å². The van der Waals surface area contributed by atoms with Crippen LogP contribution in [0.3, 0.4) is 0 Å². The fourth-order valence-corrected chi connectivity index (χ4v) is 1.13. The molecule has 1 atom stereocenters. The molecular weight excluding hydrogens is 174 g/mol. The molecule has 0 spiro atoms. The average molecular weight is 184 g/mol. The molecule has 0 aliphatic heterocycles. The maximum Gasteiger partial charge on any atom is 0.321 e. The Hall–Kier alpha value is 0.0700. The monoisotopic (exact) mass is 183 g/mol. The number of hydrogen-bond donors (Lipinski definition) is 2. The summed E-state index contributed by atoms with van der Waals surface area (Å²) in [4.78, 5) is 12.5. The summed E-state index contributed by atoms with van der Waals surface area (Å²) in [5.74, 6) is -0.0968. The number of nitrogens with one attached hydrogen (secondary N) is 1. The minimum Gasteiger partial charge on any atom is -0.480 e. The van der Waals surface area contributed by atoms with Gasteiger partial charge in [0.25, 0.3) is 0 Å². The van der Waals surface area contributed by atoms with Crippen molar-refractivity contribution >= 4 is 29.5 Å². The SMILES string of the molecule is CSCC[C@H](NCl)C(=O)O. The second-order valence-electron chi connectivity index (χ2n) is 1.78. The van der Waals surface area contributed by atoms with E-state index in [1.165, 1.54) is 0 Å². The highest BCUT2D eigenvalue weighted by Gasteiger charge is 2.14. The fourth-order valence-electron chi connectivity index (χ4n) is 0.460. The van der Waals surface area contributed by atoms with Crippen molar-refractivity contribution < 1.29 is 9.90 Å². The Labute approximate surface area is 69.2 Å². The quantitative estimate of drug-likeness (QED) is 0.623. The molecule has 0 radical (unpaired) electrons. The smallest absolute Gasteiger partial charge is 0.321 e. The Morgan fingerprint density at radius 3 is 2.80 bits per heavy atom. The number of carboxylic acid groups (broad SMARTS) is 1. The molecule has 0 aromatic carbocycles. The maximum absolute atomic E-state index is 10.3. The van der Waals surface area contributed by atoms with Gasteiger partial charge in [-0.2, -0.15) is 11.8 Å². The normalized spacial score (nSPS) is 13.0. The van der Waals surface area contributed by atoms with Gasteiger partial charge in [-0.05, 0) is 30.2 Å². The van der Waals surface area contributed by atoms with E-state index in [1.54, 1.807) is 11.8 Å². The van der Waals surface area contributed by atoms with Crippen LogP contribution in [0.5, 0.6) is 0 Å². The molecule has 0 aromatic heterocycles. The number of thioether (sulfide) groups is 1. The Morgan fingerprint density at radius 2 is 2.50 bits per heavy atom. The van der Waals surface area contributed by atoms with Crippen LogP contribution in [-0.4, -0.2) is 29.1 Å². The molecular formula is C5H10ClNO2S. The molecule has 0 heterocycles. The summed E-state index contributed by atoms with van der Waals surface area (Å²) in [5, 5.41) is 8.44. The number of aliphatic carboxylic acids is 1. The third kappa shape index (κ3) is 3.98. The number of carboxylic acids is 1. The second-order valence-corrected chi connectivity index (χ2v) is 2.99. The van der Waals surface area contributed by atoms with E-state index < -0.39 is 12.0 Å². The number of hydrogen-bond acceptors (Lipinski definition) is 3. The molecule has 0 amide bonds. The lowest BCUT2D eigenvalue weighted by Gasteiger charge is -2.06. The zero-order valence-corrected chi connectivity index (χ0v) is 7.21. The molecule has 0 saturated carbocycles. The van der Waals surface area contributed by atoms with E-state index >= 15 is 0 Å². The van der Waals surface area contributed by atoms with E-state index in [0.717, 1.165) is 5.75 Å². The molecule has 2 N–H and O–H groups in total. The Balaban J connectivity index is 3.50. The molecule has 0 aliphatic carbocycles. The van der Waals surface area contributed by atoms with Crippen LogP contribution in [0.4, 0.5) is 0 Å². The van der Waals surface area contributed by atoms with Gasteiger partial charge in [0.15, 0.2) is 0 Å². The fraction of sp³-hybridized carbons (Fsp3) is 0.800. The van der Waals surface area contributed by atoms with Crippen LogP contribution in [0.2, 0.25) is 0 Å². The Bertz CT molecular complexity index is 112. The Morgan fingerprint density at radius 1 is 1.90 bits per heavy atom. The van der Waals surface area contributed by atoms with Gasteiger partial charge in [0.1, 0.15) is 6.04 Å². The maximum atomic E-state index is 10.3. The average Bonchev–Trinajstić information content (AvgIpc) is 1.89. The van der Waals surface area contributed by atoms with Crippen molar-refractivity contribution in [3.8, 4) is 0 Å². The van der Waals surface area contributed by atoms with Gasteiger partial charge in [0.2, 0.25) is 0 Å². The van der Waals surface area contributed by atoms with E-state index in [0.29, 0.717) is 6.42 Å². The standard InChI is InChI=1S/C5H10ClNO2S/c1-10-3-2-4(7-6)5(8)9/h4,7H,2-3H2,1H3,(H,8,9)/t4-/m0/s1. The van der Waals surface area contributed by atoms with Gasteiger partial charge in [0.05, 0.1) is 0 Å². The first kappa shape index (κ1) is 10.1. The number of carbonyl (C=O) groups is 1. The zero-order chi connectivity index (χ0) is 7.98. The van der Waals surface area contributed by atoms with E-state index in [2.05, 4.69) is 4.84 Å². The predicted octanol–water partition coefficient (Wildman–Crippen LogP) is 0.936. The van der Waals surface area contributed by atoms with Crippen molar-refractivity contribution in [3.05, 3.63) is 0 Å². The van der Waals surface area contributed by atoms with Crippen molar-refractivity contribution in [2.75, 3.05) is 12.0 Å². The highest BCUT2D eigenvalue weighted by atomic mass is 35.5. The first-order chi connectivity index (χ1) is 4.72. The van der Waals surface area contributed by atoms with Gasteiger partial charge in [-0.25, -0.2) is 4.84 Å². The van der Waals surface area contributed by atoms with Crippen LogP contribution in [0, 0.1) is 0 Å². The van der Waals surface area contributed by atoms with Crippen LogP contribution in [0.15, 0.2) is 0 Å². The van der Waals surface area contributed by atoms with Gasteiger partial charge in [-0.3, -0.25) is 4.79 Å². The molecule has 0 saturated heterocycles. The van der Waals surface area contributed by atoms with Crippen LogP contribution in [0.25, 0.3) is 0 Å². The topological polar surface area (TPSA) is 49.3 Å². The molecule has 0 rings (SSSR count). The van der Waals surface area contributed by atoms with Crippen LogP contribution >= 0.6 is 23.5 Å². The van der Waals surface area contributed by atoms with E-state index in [9.17, 15) is 4.79 Å². The number of rotatable bonds is 5. The molecule has 0 unspecified atom stereocenters. The summed E-state index contributed by atoms with van der Waals surface area (Å²) in [5.41, 5.74) is 0. The molecule has 0 bridgehead atoms. The summed E-state index contributed by atoms with van der Waals surface area (Å²) < 4.78 is 0. The minimum atomic E-state index is -0.899. The number of halogens is 1. The van der Waals surface area contributed by atoms with Gasteiger partial charge in [-0.15, -0.1) is 0 Å². The van der Waals surface area contributed by atoms with Gasteiger partial charge < -0.3 is 5.11 Å². The summed E-state index contributed by atoms with van der Waals surface area (Å²) in [6.07, 6.45) is 2.48. The first-order valence-electron chi connectivity index (χ1n) is 2.80. The molecule has 10 heavy (non-hydrogen) atoms. The first-order valence-corrected chi connectivity index (χ1v) is 4.57. The zero-order valence-electron chi connectivity index (χ0n) is 5.63. The van der Waals surface area contributed by atoms with E-state index in [4.69, 9.17) is 16.9 Å². The largest absolute Gasteiger partial charge is 0.480 e. The van der Waals surface area contributed by atoms with Gasteiger partial charge in [-0.1, -0.05) is 0 Å². The highest BCUT2D eigenvalue weighted by molar-refractivity contribution is 7.98. The molecule has 5 heteroatoms. The third-order valence-electron chi connectivity index (χ3n) is 1.04. The molecule has 0 aromatic rings. The molecule has 0 aliphatic rings. The van der Waals surface area contributed by atoms with Crippen LogP contribution in [-0.2, 0) is 4.79 Å². The predicted molar refractivity (Wildman–Crippen MR) is 43.4 cm³/mol. The molecule has 60 valence electrons. The van der Waals surface area contributed by atoms with E-state index in [-0.39, 0.29) is 0 Å². The van der Waals surface area contributed by atoms with Crippen molar-refractivity contribution in [1.82, 2.24) is 4.84 Å². The minimum absolute atomic E-state index is 0.556. The summed E-state index contributed by atoms with van der Waals surface area (Å²) in [6.45, 7) is 0. The highest BCUT2D eigenvalue weighted by Crippen LogP contribution is 2.00. The summed E-state index contributed by atoms with van der Waals surface area (Å²) >= 11 is 6.76. The van der Waals surface area contributed by atoms with Gasteiger partial charge in [0, 0.05) is 0 Å². The lowest BCUT2D eigenvalue weighted by molar-refractivity contribution is -0.138. The molecule has 0 fully saturated rings. The lowest BCUT2D eigenvalue weighted by atomic mass is 10.2. The van der Waals surface area contributed by atoms with E-state index in [1.807, 2.05) is 6.26 Å². The second kappa shape index (κ2) is 5.82. The summed E-state index contributed by atoms with van der Waals surface area (Å²) in [6, 6.07) is -0.617. The van der Waals surface area contributed by atoms with Crippen molar-refractivity contribution in [2.45, 2.75) is 12.5 Å². The van der Waals surface area contributed by atoms with Crippen LogP contribution in [0.1, 0.15) is 6.42 Å².